The summed E-state index contributed by atoms with van der Waals surface area (Å²) in [7, 11) is 1.61. The van der Waals surface area contributed by atoms with Crippen molar-refractivity contribution in [2.75, 3.05) is 20.2 Å². The highest BCUT2D eigenvalue weighted by molar-refractivity contribution is 6.15. The first-order valence-electron chi connectivity index (χ1n) is 8.76. The van der Waals surface area contributed by atoms with Crippen molar-refractivity contribution in [2.24, 2.45) is 4.99 Å². The van der Waals surface area contributed by atoms with Gasteiger partial charge in [-0.2, -0.15) is 0 Å². The van der Waals surface area contributed by atoms with Crippen molar-refractivity contribution in [3.05, 3.63) is 29.8 Å². The van der Waals surface area contributed by atoms with Crippen LogP contribution < -0.4 is 10.1 Å². The number of likely N-dealkylation sites (tertiary alicyclic amines) is 1. The Hall–Kier alpha value is -2.57. The van der Waals surface area contributed by atoms with Crippen LogP contribution in [0.4, 0.5) is 4.79 Å². The fraction of sp³-hybridized carbons (Fsp3) is 0.526. The normalized spacial score (nSPS) is 19.2. The topological polar surface area (TPSA) is 80.2 Å². The van der Waals surface area contributed by atoms with Crippen molar-refractivity contribution in [3.63, 3.8) is 0 Å². The highest BCUT2D eigenvalue weighted by atomic mass is 16.6. The zero-order valence-electron chi connectivity index (χ0n) is 15.7. The van der Waals surface area contributed by atoms with Crippen molar-refractivity contribution in [3.8, 4) is 5.75 Å². The molecule has 0 saturated carbocycles. The lowest BCUT2D eigenvalue weighted by Crippen LogP contribution is -2.51. The number of hydrogen-bond donors (Lipinski definition) is 1. The summed E-state index contributed by atoms with van der Waals surface area (Å²) in [5.74, 6) is 1.22. The number of aliphatic imine (C=N–C) groups is 1. The Balaban J connectivity index is 1.70. The van der Waals surface area contributed by atoms with Gasteiger partial charge in [-0.05, 0) is 57.9 Å². The summed E-state index contributed by atoms with van der Waals surface area (Å²) in [6.45, 7) is 6.41. The Morgan fingerprint density at radius 1 is 1.19 bits per heavy atom. The minimum Gasteiger partial charge on any atom is -0.497 e. The summed E-state index contributed by atoms with van der Waals surface area (Å²) in [6, 6.07) is 7.40. The number of piperidine rings is 1. The molecule has 2 heterocycles. The van der Waals surface area contributed by atoms with Crippen LogP contribution in [0.1, 0.15) is 39.2 Å². The number of carbonyl (C=O) groups excluding carboxylic acids is 2. The summed E-state index contributed by atoms with van der Waals surface area (Å²) in [4.78, 5) is 31.1. The molecule has 0 aromatic heterocycles. The molecule has 2 aliphatic rings. The van der Waals surface area contributed by atoms with E-state index in [0.29, 0.717) is 31.8 Å². The van der Waals surface area contributed by atoms with Gasteiger partial charge in [-0.3, -0.25) is 9.79 Å². The molecule has 0 unspecified atom stereocenters. The number of nitrogens with one attached hydrogen (secondary N) is 1. The molecule has 0 aliphatic carbocycles. The maximum absolute atomic E-state index is 12.6. The van der Waals surface area contributed by atoms with E-state index in [4.69, 9.17) is 14.5 Å². The third kappa shape index (κ3) is 3.66. The number of ether oxygens (including phenoxy) is 2. The maximum Gasteiger partial charge on any atom is 0.410 e. The second-order valence-electron chi connectivity index (χ2n) is 7.64. The van der Waals surface area contributed by atoms with Gasteiger partial charge in [0.2, 0.25) is 0 Å². The van der Waals surface area contributed by atoms with Crippen LogP contribution in [0.25, 0.3) is 0 Å². The van der Waals surface area contributed by atoms with Crippen LogP contribution in [0.5, 0.6) is 5.75 Å². The van der Waals surface area contributed by atoms with Gasteiger partial charge in [0.25, 0.3) is 5.91 Å². The first-order chi connectivity index (χ1) is 12.2. The SMILES string of the molecule is COc1ccc(C2=NC3(CCN(C(=O)OC(C)(C)C)CC3)C(=O)N2)cc1. The average Bonchev–Trinajstić information content (AvgIpc) is 2.90. The first-order valence-corrected chi connectivity index (χ1v) is 8.76. The van der Waals surface area contributed by atoms with Gasteiger partial charge < -0.3 is 19.7 Å². The highest BCUT2D eigenvalue weighted by Crippen LogP contribution is 2.31. The van der Waals surface area contributed by atoms with Gasteiger partial charge in [-0.25, -0.2) is 4.79 Å². The third-order valence-electron chi connectivity index (χ3n) is 4.59. The summed E-state index contributed by atoms with van der Waals surface area (Å²) in [6.07, 6.45) is 0.625. The van der Waals surface area contributed by atoms with E-state index in [2.05, 4.69) is 5.32 Å². The van der Waals surface area contributed by atoms with E-state index in [9.17, 15) is 9.59 Å². The summed E-state index contributed by atoms with van der Waals surface area (Å²) >= 11 is 0. The number of benzene rings is 1. The fourth-order valence-corrected chi connectivity index (χ4v) is 3.13. The van der Waals surface area contributed by atoms with E-state index in [1.807, 2.05) is 45.0 Å². The lowest BCUT2D eigenvalue weighted by atomic mass is 9.88. The number of amidine groups is 1. The van der Waals surface area contributed by atoms with Crippen LogP contribution in [0.2, 0.25) is 0 Å². The van der Waals surface area contributed by atoms with Gasteiger partial charge >= 0.3 is 6.09 Å². The molecule has 0 radical (unpaired) electrons. The average molecular weight is 359 g/mol. The quantitative estimate of drug-likeness (QED) is 0.879. The Bertz CT molecular complexity index is 726. The zero-order chi connectivity index (χ0) is 18.9. The van der Waals surface area contributed by atoms with Crippen LogP contribution in [0, 0.1) is 0 Å². The lowest BCUT2D eigenvalue weighted by Gasteiger charge is -2.36. The van der Waals surface area contributed by atoms with Gasteiger partial charge in [0.15, 0.2) is 0 Å². The minimum absolute atomic E-state index is 0.104. The van der Waals surface area contributed by atoms with Gasteiger partial charge in [0.1, 0.15) is 22.7 Å². The van der Waals surface area contributed by atoms with Crippen LogP contribution >= 0.6 is 0 Å². The van der Waals surface area contributed by atoms with E-state index >= 15 is 0 Å². The number of hydrogen-bond acceptors (Lipinski definition) is 5. The predicted molar refractivity (Wildman–Crippen MR) is 97.4 cm³/mol. The van der Waals surface area contributed by atoms with E-state index < -0.39 is 11.1 Å². The smallest absolute Gasteiger partial charge is 0.410 e. The molecule has 7 heteroatoms. The maximum atomic E-state index is 12.6. The van der Waals surface area contributed by atoms with Crippen LogP contribution in [0.3, 0.4) is 0 Å². The molecule has 2 amide bonds. The number of nitrogens with zero attached hydrogens (tertiary/aromatic N) is 2. The van der Waals surface area contributed by atoms with Crippen LogP contribution in [-0.2, 0) is 9.53 Å². The second-order valence-corrected chi connectivity index (χ2v) is 7.64. The van der Waals surface area contributed by atoms with Gasteiger partial charge in [-0.15, -0.1) is 0 Å². The summed E-state index contributed by atoms with van der Waals surface area (Å²) in [5.41, 5.74) is -0.490. The molecule has 1 aromatic carbocycles. The molecule has 1 aromatic rings. The molecule has 3 rings (SSSR count). The fourth-order valence-electron chi connectivity index (χ4n) is 3.13. The van der Waals surface area contributed by atoms with Gasteiger partial charge in [0.05, 0.1) is 7.11 Å². The Morgan fingerprint density at radius 3 is 2.35 bits per heavy atom. The Morgan fingerprint density at radius 2 is 1.81 bits per heavy atom. The predicted octanol–water partition coefficient (Wildman–Crippen LogP) is 2.34. The Labute approximate surface area is 153 Å². The number of amides is 2. The van der Waals surface area contributed by atoms with Crippen molar-refractivity contribution in [2.45, 2.75) is 44.8 Å². The van der Waals surface area contributed by atoms with Crippen molar-refractivity contribution < 1.29 is 19.1 Å². The van der Waals surface area contributed by atoms with E-state index in [1.165, 1.54) is 0 Å². The molecule has 26 heavy (non-hydrogen) atoms. The molecule has 1 saturated heterocycles. The first kappa shape index (κ1) is 18.2. The monoisotopic (exact) mass is 359 g/mol. The van der Waals surface area contributed by atoms with E-state index in [1.54, 1.807) is 12.0 Å². The molecular formula is C19H25N3O4. The molecule has 0 atom stereocenters. The minimum atomic E-state index is -0.798. The standard InChI is InChI=1S/C19H25N3O4/c1-18(2,3)26-17(24)22-11-9-19(10-12-22)16(23)20-15(21-19)13-5-7-14(25-4)8-6-13/h5-8H,9-12H2,1-4H3,(H,20,21,23). The van der Waals surface area contributed by atoms with Crippen molar-refractivity contribution >= 4 is 17.8 Å². The lowest BCUT2D eigenvalue weighted by molar-refractivity contribution is -0.125. The molecule has 1 fully saturated rings. The zero-order valence-corrected chi connectivity index (χ0v) is 15.7. The van der Waals surface area contributed by atoms with Crippen molar-refractivity contribution in [1.82, 2.24) is 10.2 Å². The molecule has 0 bridgehead atoms. The molecular weight excluding hydrogens is 334 g/mol. The summed E-state index contributed by atoms with van der Waals surface area (Å²) < 4.78 is 10.6. The molecule has 7 nitrogen and oxygen atoms in total. The van der Waals surface area contributed by atoms with E-state index in [-0.39, 0.29) is 12.0 Å². The molecule has 1 N–H and O–H groups in total. The van der Waals surface area contributed by atoms with Crippen molar-refractivity contribution in [1.29, 1.82) is 0 Å². The highest BCUT2D eigenvalue weighted by Gasteiger charge is 2.47. The largest absolute Gasteiger partial charge is 0.497 e. The van der Waals surface area contributed by atoms with Gasteiger partial charge in [0, 0.05) is 18.7 Å². The molecule has 1 spiro atoms. The molecule has 140 valence electrons. The van der Waals surface area contributed by atoms with Crippen LogP contribution in [-0.4, -0.2) is 54.1 Å². The second kappa shape index (κ2) is 6.63. The van der Waals surface area contributed by atoms with Crippen LogP contribution in [0.15, 0.2) is 29.3 Å². The van der Waals surface area contributed by atoms with E-state index in [0.717, 1.165) is 11.3 Å². The Kier molecular flexibility index (Phi) is 4.64. The number of rotatable bonds is 2. The molecule has 2 aliphatic heterocycles. The summed E-state index contributed by atoms with van der Waals surface area (Å²) in [5, 5.41) is 2.89. The number of methoxy groups -OCH3 is 1. The number of carbonyl (C=O) groups is 2. The third-order valence-corrected chi connectivity index (χ3v) is 4.59. The van der Waals surface area contributed by atoms with Gasteiger partial charge in [-0.1, -0.05) is 0 Å².